The molecule has 8 nitrogen and oxygen atoms in total. The van der Waals surface area contributed by atoms with E-state index in [-0.39, 0.29) is 5.41 Å². The van der Waals surface area contributed by atoms with Crippen molar-refractivity contribution in [2.75, 3.05) is 0 Å². The molecule has 0 spiro atoms. The quantitative estimate of drug-likeness (QED) is 0.151. The van der Waals surface area contributed by atoms with Gasteiger partial charge in [0, 0.05) is 153 Å². The molecular weight excluding hydrogens is 1790 g/mol. The smallest absolute Gasteiger partial charge is 0.149 e. The van der Waals surface area contributed by atoms with Crippen molar-refractivity contribution in [2.45, 2.75) is 32.1 Å². The van der Waals surface area contributed by atoms with Crippen molar-refractivity contribution in [1.29, 1.82) is 0 Å². The van der Waals surface area contributed by atoms with E-state index in [1.165, 1.54) is 160 Å². The highest BCUT2D eigenvalue weighted by Crippen LogP contribution is 2.62. The largest absolute Gasteiger partial charge is 0.456 e. The van der Waals surface area contributed by atoms with Crippen LogP contribution in [-0.2, 0) is 5.41 Å². The molecule has 142 heavy (non-hydrogen) atoms. The fourth-order valence-electron chi connectivity index (χ4n) is 24.8. The normalized spacial score (nSPS) is 12.8. The Morgan fingerprint density at radius 1 is 0.225 bits per heavy atom. The molecule has 1 aliphatic carbocycles. The molecule has 0 amide bonds. The average Bonchev–Trinajstić information content (AvgIpc) is 1.52. The minimum Gasteiger partial charge on any atom is -0.456 e. The van der Waals surface area contributed by atoms with E-state index < -0.39 is 0 Å². The Kier molecular flexibility index (Phi) is 17.0. The van der Waals surface area contributed by atoms with Gasteiger partial charge in [-0.05, 0) is 161 Å². The number of nitrogens with zero attached hydrogens (tertiary/aromatic N) is 3. The van der Waals surface area contributed by atoms with Crippen LogP contribution in [0.2, 0.25) is 0 Å². The standard InChI is InChI=1S/C47H33NOS.2C42H23NO2S/c1-3-47(4-2)35-20-10-5-17-31(35)42-44(47)41-32-18-7-12-22-37(32)48(45(41)43-33-19-8-13-23-38(33)49-46(42)43)36-21-11-6-15-29(36)28-25-26-40-34(27-28)30-16-9-14-24-39(30)50-40;1-6-19-31(24(12-1)26-17-11-18-27-25-13-5-10-23-35(25)46-42(26)27)43-32-20-7-2-14-28(32)36-39(43)37-29-15-3-8-21-33(29)44-41(37)38-30-16-4-9-22-34(30)45-40(36)38;1-5-16-32-29(13-1)38-40(37-30-14-3-7-18-34(30)45-41(37)39-31-15-4-8-19-36(31)46-42(38)39)43(32)26-11-9-10-24(22-26)25-20-21-28-27-12-2-6-17-33(27)44-35(28)23-25/h5-27H,3-4H2,1-2H3;2*1-23H. The molecular formula is C131H79N3O5S3. The number of furan rings is 5. The van der Waals surface area contributed by atoms with Crippen molar-refractivity contribution < 1.29 is 22.1 Å². The van der Waals surface area contributed by atoms with Crippen LogP contribution in [0.5, 0.6) is 0 Å². The van der Waals surface area contributed by atoms with Gasteiger partial charge in [0.05, 0.1) is 71.4 Å². The van der Waals surface area contributed by atoms with Crippen LogP contribution in [0.25, 0.3) is 297 Å². The minimum absolute atomic E-state index is 0.128. The first-order valence-corrected chi connectivity index (χ1v) is 51.2. The second kappa shape index (κ2) is 30.3. The highest BCUT2D eigenvalue weighted by atomic mass is 32.1. The van der Waals surface area contributed by atoms with Crippen LogP contribution in [0.3, 0.4) is 0 Å². The maximum absolute atomic E-state index is 7.01. The van der Waals surface area contributed by atoms with E-state index in [1.54, 1.807) is 0 Å². The number of thiophene rings is 3. The zero-order chi connectivity index (χ0) is 93.0. The maximum Gasteiger partial charge on any atom is 0.149 e. The molecule has 0 bridgehead atoms. The van der Waals surface area contributed by atoms with E-state index in [9.17, 15) is 0 Å². The molecule has 11 aromatic heterocycles. The first-order valence-electron chi connectivity index (χ1n) is 48.8. The van der Waals surface area contributed by atoms with Gasteiger partial charge in [-0.2, -0.15) is 0 Å². The number of benzene rings is 21. The molecule has 32 aromatic rings. The Hall–Kier alpha value is -17.3. The van der Waals surface area contributed by atoms with E-state index in [1.807, 2.05) is 58.3 Å². The van der Waals surface area contributed by atoms with Crippen molar-refractivity contribution in [3.05, 3.63) is 430 Å². The number of aromatic nitrogens is 3. The third-order valence-corrected chi connectivity index (χ3v) is 34.4. The van der Waals surface area contributed by atoms with Gasteiger partial charge in [0.25, 0.3) is 0 Å². The summed E-state index contributed by atoms with van der Waals surface area (Å²) in [6, 6.07) is 151. The molecule has 33 rings (SSSR count). The lowest BCUT2D eigenvalue weighted by Gasteiger charge is -2.30. The molecule has 0 atom stereocenters. The summed E-state index contributed by atoms with van der Waals surface area (Å²) in [6.07, 6.45) is 2.03. The summed E-state index contributed by atoms with van der Waals surface area (Å²) in [4.78, 5) is 0. The molecule has 0 N–H and O–H groups in total. The molecule has 11 heterocycles. The zero-order valence-corrected chi connectivity index (χ0v) is 79.3. The third-order valence-electron chi connectivity index (χ3n) is 30.8. The molecule has 0 radical (unpaired) electrons. The van der Waals surface area contributed by atoms with Gasteiger partial charge in [-0.1, -0.05) is 317 Å². The Morgan fingerprint density at radius 3 is 1.27 bits per heavy atom. The molecule has 0 aliphatic heterocycles. The van der Waals surface area contributed by atoms with Gasteiger partial charge in [0.2, 0.25) is 0 Å². The first kappa shape index (κ1) is 79.7. The van der Waals surface area contributed by atoms with Gasteiger partial charge in [0.1, 0.15) is 55.8 Å². The Balaban J connectivity index is 0.0000000978. The summed E-state index contributed by atoms with van der Waals surface area (Å²) in [5.74, 6) is 0. The SMILES string of the molecule is CCC1(CC)c2ccccc2-c2c1c1c3ccccc3n(-c3ccccc3-c3ccc4sc5ccccc5c4c3)c1c1c2oc2ccccc21.c1cc(-c2ccc3c(c2)oc2ccccc23)cc(-n2c3ccccc3c3c4sc5ccccc5c4c4oc5ccccc5c4c32)c1.c1ccc(-n2c3ccccc3c3c4oc5ccccc5c4c4oc5ccccc5c4c32)c(-c2cccc3c2sc2ccccc23)c1. The predicted octanol–water partition coefficient (Wildman–Crippen LogP) is 39.0. The fraction of sp³-hybridized carbons (Fsp3) is 0.0382. The van der Waals surface area contributed by atoms with Gasteiger partial charge in [-0.25, -0.2) is 0 Å². The Morgan fingerprint density at radius 2 is 0.627 bits per heavy atom. The number of para-hydroxylation sites is 10. The molecule has 1 aliphatic rings. The summed E-state index contributed by atoms with van der Waals surface area (Å²) in [5.41, 5.74) is 32.0. The topological polar surface area (TPSA) is 80.5 Å². The summed E-state index contributed by atoms with van der Waals surface area (Å²) in [7, 11) is 0. The van der Waals surface area contributed by atoms with Gasteiger partial charge in [0.15, 0.2) is 0 Å². The first-order chi connectivity index (χ1) is 70.4. The van der Waals surface area contributed by atoms with E-state index in [0.29, 0.717) is 0 Å². The van der Waals surface area contributed by atoms with Crippen LogP contribution in [0, 0.1) is 0 Å². The van der Waals surface area contributed by atoms with E-state index >= 15 is 0 Å². The van der Waals surface area contributed by atoms with Crippen LogP contribution in [-0.4, -0.2) is 13.7 Å². The zero-order valence-electron chi connectivity index (χ0n) is 76.9. The second-order valence-electron chi connectivity index (χ2n) is 37.8. The van der Waals surface area contributed by atoms with Crippen molar-refractivity contribution in [1.82, 2.24) is 13.7 Å². The summed E-state index contributed by atoms with van der Waals surface area (Å²) < 4.78 is 48.8. The van der Waals surface area contributed by atoms with Gasteiger partial charge in [-0.3, -0.25) is 0 Å². The van der Waals surface area contributed by atoms with Gasteiger partial charge >= 0.3 is 0 Å². The van der Waals surface area contributed by atoms with Crippen LogP contribution < -0.4 is 0 Å². The van der Waals surface area contributed by atoms with Crippen LogP contribution in [0.1, 0.15) is 37.8 Å². The maximum atomic E-state index is 7.01. The lowest BCUT2D eigenvalue weighted by molar-refractivity contribution is 0.494. The van der Waals surface area contributed by atoms with E-state index in [0.717, 1.165) is 161 Å². The second-order valence-corrected chi connectivity index (χ2v) is 41.0. The van der Waals surface area contributed by atoms with Crippen LogP contribution in [0.4, 0.5) is 0 Å². The van der Waals surface area contributed by atoms with Crippen LogP contribution >= 0.6 is 34.0 Å². The molecule has 0 unspecified atom stereocenters. The Labute approximate surface area is 822 Å². The summed E-state index contributed by atoms with van der Waals surface area (Å²) in [6.45, 7) is 4.73. The molecule has 21 aromatic carbocycles. The third kappa shape index (κ3) is 11.1. The number of hydrogen-bond donors (Lipinski definition) is 0. The minimum atomic E-state index is -0.128. The summed E-state index contributed by atoms with van der Waals surface area (Å²) >= 11 is 5.59. The van der Waals surface area contributed by atoms with E-state index in [4.69, 9.17) is 22.1 Å². The monoisotopic (exact) mass is 1870 g/mol. The lowest BCUT2D eigenvalue weighted by Crippen LogP contribution is -2.23. The fourth-order valence-corrected chi connectivity index (χ4v) is 28.4. The molecule has 0 fully saturated rings. The van der Waals surface area contributed by atoms with Crippen molar-refractivity contribution >= 4 is 270 Å². The molecule has 0 saturated heterocycles. The average molecular weight is 1870 g/mol. The van der Waals surface area contributed by atoms with E-state index in [2.05, 4.69) is 422 Å². The number of rotatable bonds is 8. The van der Waals surface area contributed by atoms with Crippen LogP contribution in [0.15, 0.2) is 441 Å². The van der Waals surface area contributed by atoms with Crippen molar-refractivity contribution in [3.8, 4) is 61.6 Å². The van der Waals surface area contributed by atoms with Gasteiger partial charge < -0.3 is 35.8 Å². The highest BCUT2D eigenvalue weighted by molar-refractivity contribution is 7.27. The Bertz CT molecular complexity index is 11000. The number of hydrogen-bond acceptors (Lipinski definition) is 8. The van der Waals surface area contributed by atoms with Crippen molar-refractivity contribution in [2.24, 2.45) is 0 Å². The molecule has 0 saturated carbocycles. The molecule has 666 valence electrons. The number of fused-ring (bicyclic) bond motifs is 45. The summed E-state index contributed by atoms with van der Waals surface area (Å²) in [5, 5.41) is 26.3. The predicted molar refractivity (Wildman–Crippen MR) is 601 cm³/mol. The van der Waals surface area contributed by atoms with Gasteiger partial charge in [-0.15, -0.1) is 34.0 Å². The lowest BCUT2D eigenvalue weighted by atomic mass is 9.72. The van der Waals surface area contributed by atoms with Crippen molar-refractivity contribution in [3.63, 3.8) is 0 Å². The highest BCUT2D eigenvalue weighted by Gasteiger charge is 2.46. The molecule has 11 heteroatoms.